The molecule has 1 aromatic carbocycles. The van der Waals surface area contributed by atoms with Crippen LogP contribution in [0.3, 0.4) is 0 Å². The van der Waals surface area contributed by atoms with Gasteiger partial charge in [-0.05, 0) is 24.6 Å². The van der Waals surface area contributed by atoms with Crippen LogP contribution in [0.25, 0.3) is 17.1 Å². The topological polar surface area (TPSA) is 147 Å². The quantitative estimate of drug-likeness (QED) is 0.636. The minimum absolute atomic E-state index is 0.0291. The van der Waals surface area contributed by atoms with Crippen molar-refractivity contribution in [1.29, 1.82) is 10.7 Å². The molecule has 5 N–H and O–H groups in total. The Hall–Kier alpha value is -3.73. The Morgan fingerprint density at radius 1 is 1.33 bits per heavy atom. The van der Waals surface area contributed by atoms with Crippen LogP contribution in [0.4, 0.5) is 5.69 Å². The third-order valence-corrected chi connectivity index (χ3v) is 3.69. The zero-order valence-corrected chi connectivity index (χ0v) is 12.7. The molecular weight excluding hydrogens is 306 g/mol. The molecule has 8 heteroatoms. The fourth-order valence-electron chi connectivity index (χ4n) is 2.55. The SMILES string of the molecule is Cc1c(C(N)=O)nn(-c2ccccc2)c2nc(=N)c(C#N)c(N)c1-2. The van der Waals surface area contributed by atoms with Gasteiger partial charge in [0, 0.05) is 5.56 Å². The molecule has 2 aliphatic heterocycles. The smallest absolute Gasteiger partial charge is 0.269 e. The van der Waals surface area contributed by atoms with Crippen LogP contribution in [0.15, 0.2) is 30.3 Å². The standard InChI is InChI=1S/C16H13N7O/c1-8-11-12(18)10(7-17)14(19)21-16(11)23(22-13(8)15(20)24)9-5-3-2-4-6-9/h2-6,19H,18H2,1H3,(H2,20,24). The Labute approximate surface area is 136 Å². The summed E-state index contributed by atoms with van der Waals surface area (Å²) >= 11 is 0. The molecule has 0 aliphatic carbocycles. The maximum Gasteiger partial charge on any atom is 0.269 e. The van der Waals surface area contributed by atoms with Gasteiger partial charge in [0.1, 0.15) is 11.6 Å². The van der Waals surface area contributed by atoms with Crippen LogP contribution < -0.4 is 17.0 Å². The fourth-order valence-corrected chi connectivity index (χ4v) is 2.55. The minimum Gasteiger partial charge on any atom is -0.397 e. The van der Waals surface area contributed by atoms with E-state index >= 15 is 0 Å². The Bertz CT molecular complexity index is 1030. The number of hydrogen-bond donors (Lipinski definition) is 3. The van der Waals surface area contributed by atoms with Crippen molar-refractivity contribution in [3.05, 3.63) is 52.6 Å². The number of nitriles is 1. The van der Waals surface area contributed by atoms with Gasteiger partial charge in [0.05, 0.1) is 11.4 Å². The van der Waals surface area contributed by atoms with Crippen molar-refractivity contribution in [3.63, 3.8) is 0 Å². The van der Waals surface area contributed by atoms with Crippen LogP contribution in [0.1, 0.15) is 21.6 Å². The van der Waals surface area contributed by atoms with E-state index in [4.69, 9.17) is 16.9 Å². The number of nitrogens with one attached hydrogen (secondary N) is 1. The molecule has 0 radical (unpaired) electrons. The molecule has 0 saturated heterocycles. The Balaban J connectivity index is 2.54. The first kappa shape index (κ1) is 15.2. The number of nitrogens with two attached hydrogens (primary N) is 2. The lowest BCUT2D eigenvalue weighted by Crippen LogP contribution is -2.25. The lowest BCUT2D eigenvalue weighted by molar-refractivity contribution is 0.0993. The molecule has 8 nitrogen and oxygen atoms in total. The number of hydrogen-bond acceptors (Lipinski definition) is 6. The molecule has 0 unspecified atom stereocenters. The summed E-state index contributed by atoms with van der Waals surface area (Å²) in [6.45, 7) is 1.63. The highest BCUT2D eigenvalue weighted by atomic mass is 16.1. The number of nitrogens with zero attached hydrogens (tertiary/aromatic N) is 4. The Kier molecular flexibility index (Phi) is 3.46. The van der Waals surface area contributed by atoms with E-state index in [1.165, 1.54) is 4.68 Å². The van der Waals surface area contributed by atoms with Crippen molar-refractivity contribution in [3.8, 4) is 23.1 Å². The highest BCUT2D eigenvalue weighted by Gasteiger charge is 2.25. The number of anilines is 1. The zero-order chi connectivity index (χ0) is 17.4. The predicted molar refractivity (Wildman–Crippen MR) is 86.2 cm³/mol. The maximum absolute atomic E-state index is 11.8. The highest BCUT2D eigenvalue weighted by molar-refractivity contribution is 5.96. The summed E-state index contributed by atoms with van der Waals surface area (Å²) in [5, 5.41) is 21.4. The van der Waals surface area contributed by atoms with Crippen LogP contribution in [-0.4, -0.2) is 20.7 Å². The molecule has 24 heavy (non-hydrogen) atoms. The van der Waals surface area contributed by atoms with Crippen molar-refractivity contribution >= 4 is 11.6 Å². The van der Waals surface area contributed by atoms with Crippen molar-refractivity contribution in [1.82, 2.24) is 14.8 Å². The average molecular weight is 319 g/mol. The van der Waals surface area contributed by atoms with Crippen LogP contribution >= 0.6 is 0 Å². The monoisotopic (exact) mass is 319 g/mol. The number of amides is 1. The fraction of sp³-hybridized carbons (Fsp3) is 0.0625. The van der Waals surface area contributed by atoms with E-state index in [1.54, 1.807) is 31.2 Å². The number of benzene rings is 1. The first-order chi connectivity index (χ1) is 11.5. The average Bonchev–Trinajstić information content (AvgIpc) is 2.55. The molecule has 1 amide bonds. The van der Waals surface area contributed by atoms with Gasteiger partial charge in [-0.3, -0.25) is 10.2 Å². The molecule has 3 rings (SSSR count). The molecule has 0 aromatic heterocycles. The number of pyridine rings is 1. The third kappa shape index (κ3) is 2.16. The van der Waals surface area contributed by atoms with Crippen LogP contribution in [0.2, 0.25) is 0 Å². The number of rotatable bonds is 2. The summed E-state index contributed by atoms with van der Waals surface area (Å²) in [5.41, 5.74) is 12.7. The number of aromatic nitrogens is 3. The first-order valence-electron chi connectivity index (χ1n) is 6.98. The lowest BCUT2D eigenvalue weighted by Gasteiger charge is -2.19. The summed E-state index contributed by atoms with van der Waals surface area (Å²) < 4.78 is 1.40. The highest BCUT2D eigenvalue weighted by Crippen LogP contribution is 2.32. The largest absolute Gasteiger partial charge is 0.397 e. The van der Waals surface area contributed by atoms with Gasteiger partial charge in [0.25, 0.3) is 5.91 Å². The van der Waals surface area contributed by atoms with E-state index in [0.717, 1.165) is 0 Å². The number of para-hydroxylation sites is 1. The Morgan fingerprint density at radius 2 is 2.00 bits per heavy atom. The second-order valence-electron chi connectivity index (χ2n) is 5.14. The van der Waals surface area contributed by atoms with Gasteiger partial charge in [-0.25, -0.2) is 9.67 Å². The minimum atomic E-state index is -0.716. The zero-order valence-electron chi connectivity index (χ0n) is 12.7. The summed E-state index contributed by atoms with van der Waals surface area (Å²) in [6.07, 6.45) is 0. The molecule has 118 valence electrons. The van der Waals surface area contributed by atoms with Gasteiger partial charge in [-0.1, -0.05) is 18.2 Å². The van der Waals surface area contributed by atoms with Crippen LogP contribution in [0, 0.1) is 23.7 Å². The number of carbonyl (C=O) groups is 1. The maximum atomic E-state index is 11.8. The summed E-state index contributed by atoms with van der Waals surface area (Å²) in [6, 6.07) is 10.8. The number of nitrogen functional groups attached to an aromatic ring is 1. The van der Waals surface area contributed by atoms with Gasteiger partial charge in [0.2, 0.25) is 0 Å². The van der Waals surface area contributed by atoms with Crippen molar-refractivity contribution in [2.45, 2.75) is 6.92 Å². The molecule has 0 fully saturated rings. The van der Waals surface area contributed by atoms with Gasteiger partial charge >= 0.3 is 0 Å². The molecule has 2 aliphatic rings. The van der Waals surface area contributed by atoms with E-state index in [0.29, 0.717) is 16.8 Å². The summed E-state index contributed by atoms with van der Waals surface area (Å²) in [7, 11) is 0. The van der Waals surface area contributed by atoms with Crippen molar-refractivity contribution in [2.24, 2.45) is 5.73 Å². The third-order valence-electron chi connectivity index (χ3n) is 3.69. The molecule has 0 atom stereocenters. The van der Waals surface area contributed by atoms with Crippen LogP contribution in [-0.2, 0) is 0 Å². The number of carbonyl (C=O) groups excluding carboxylic acids is 1. The van der Waals surface area contributed by atoms with Crippen LogP contribution in [0.5, 0.6) is 0 Å². The predicted octanol–water partition coefficient (Wildman–Crippen LogP) is 0.713. The molecule has 0 saturated carbocycles. The van der Waals surface area contributed by atoms with Gasteiger partial charge in [-0.2, -0.15) is 10.4 Å². The van der Waals surface area contributed by atoms with Crippen molar-refractivity contribution < 1.29 is 4.79 Å². The molecule has 0 spiro atoms. The van der Waals surface area contributed by atoms with Gasteiger partial charge in [-0.15, -0.1) is 0 Å². The van der Waals surface area contributed by atoms with Crippen molar-refractivity contribution in [2.75, 3.05) is 5.73 Å². The summed E-state index contributed by atoms with van der Waals surface area (Å²) in [5.74, 6) is -0.433. The first-order valence-corrected chi connectivity index (χ1v) is 6.98. The Morgan fingerprint density at radius 3 is 2.58 bits per heavy atom. The summed E-state index contributed by atoms with van der Waals surface area (Å²) in [4.78, 5) is 15.9. The molecular formula is C16H13N7O. The van der Waals surface area contributed by atoms with E-state index in [-0.39, 0.29) is 28.3 Å². The second-order valence-corrected chi connectivity index (χ2v) is 5.14. The van der Waals surface area contributed by atoms with E-state index in [1.807, 2.05) is 12.1 Å². The molecule has 0 bridgehead atoms. The van der Waals surface area contributed by atoms with Gasteiger partial charge < -0.3 is 11.5 Å². The second kappa shape index (κ2) is 5.48. The number of fused-ring (bicyclic) bond motifs is 1. The van der Waals surface area contributed by atoms with E-state index < -0.39 is 5.91 Å². The molecule has 1 aromatic rings. The van der Waals surface area contributed by atoms with Gasteiger partial charge in [0.15, 0.2) is 17.0 Å². The molecule has 2 heterocycles. The lowest BCUT2D eigenvalue weighted by atomic mass is 10.0. The van der Waals surface area contributed by atoms with E-state index in [9.17, 15) is 10.1 Å². The normalized spacial score (nSPS) is 10.5. The van der Waals surface area contributed by atoms with E-state index in [2.05, 4.69) is 10.1 Å². The number of primary amides is 1.